The molecule has 15 heavy (non-hydrogen) atoms. The minimum Gasteiger partial charge on any atom is -0.378 e. The van der Waals surface area contributed by atoms with Crippen molar-refractivity contribution in [3.8, 4) is 0 Å². The highest BCUT2D eigenvalue weighted by atomic mass is 16.5. The molecule has 2 rings (SSSR count). The molecule has 0 atom stereocenters. The Labute approximate surface area is 87.7 Å². The number of ether oxygens (including phenoxy) is 1. The molecular weight excluding hydrogens is 192 g/mol. The molecule has 0 amide bonds. The molecule has 0 saturated carbocycles. The van der Waals surface area contributed by atoms with E-state index in [1.165, 1.54) is 0 Å². The highest BCUT2D eigenvalue weighted by molar-refractivity contribution is 5.04. The highest BCUT2D eigenvalue weighted by Gasteiger charge is 2.00. The van der Waals surface area contributed by atoms with Gasteiger partial charge in [-0.15, -0.1) is 5.10 Å². The minimum atomic E-state index is 0.488. The smallest absolute Gasteiger partial charge is 0.108 e. The van der Waals surface area contributed by atoms with Gasteiger partial charge in [-0.25, -0.2) is 4.68 Å². The van der Waals surface area contributed by atoms with Gasteiger partial charge in [0.05, 0.1) is 25.0 Å². The first-order valence-electron chi connectivity index (χ1n) is 4.66. The van der Waals surface area contributed by atoms with Gasteiger partial charge < -0.3 is 4.74 Å². The van der Waals surface area contributed by atoms with Crippen LogP contribution in [0.5, 0.6) is 0 Å². The lowest BCUT2D eigenvalue weighted by atomic mass is 10.3. The van der Waals surface area contributed by atoms with E-state index in [1.807, 2.05) is 24.4 Å². The largest absolute Gasteiger partial charge is 0.378 e. The Hall–Kier alpha value is -1.75. The summed E-state index contributed by atoms with van der Waals surface area (Å²) in [6.45, 7) is 1.12. The second-order valence-corrected chi connectivity index (χ2v) is 3.16. The summed E-state index contributed by atoms with van der Waals surface area (Å²) in [5, 5.41) is 7.94. The fraction of sp³-hybridized carbons (Fsp3) is 0.300. The van der Waals surface area contributed by atoms with Crippen molar-refractivity contribution in [2.45, 2.75) is 13.2 Å². The van der Waals surface area contributed by atoms with Crippen molar-refractivity contribution in [1.29, 1.82) is 0 Å². The van der Waals surface area contributed by atoms with Crippen LogP contribution in [0.25, 0.3) is 0 Å². The molecule has 0 N–H and O–H groups in total. The van der Waals surface area contributed by atoms with Crippen LogP contribution in [0.1, 0.15) is 11.4 Å². The third-order valence-electron chi connectivity index (χ3n) is 1.93. The average Bonchev–Trinajstić information content (AvgIpc) is 2.68. The van der Waals surface area contributed by atoms with Crippen LogP contribution in [-0.4, -0.2) is 27.1 Å². The van der Waals surface area contributed by atoms with Crippen molar-refractivity contribution in [2.75, 3.05) is 7.11 Å². The SMILES string of the molecule is COCc1cn(Cc2ccccn2)nn1. The predicted octanol–water partition coefficient (Wildman–Crippen LogP) is 0.868. The maximum absolute atomic E-state index is 4.96. The first-order valence-corrected chi connectivity index (χ1v) is 4.66. The van der Waals surface area contributed by atoms with Crippen molar-refractivity contribution < 1.29 is 4.74 Å². The zero-order valence-electron chi connectivity index (χ0n) is 8.50. The van der Waals surface area contributed by atoms with Crippen LogP contribution < -0.4 is 0 Å². The van der Waals surface area contributed by atoms with Crippen LogP contribution in [0, 0.1) is 0 Å². The standard InChI is InChI=1S/C10H12N4O/c1-15-8-10-7-14(13-12-10)6-9-4-2-3-5-11-9/h2-5,7H,6,8H2,1H3. The number of nitrogens with zero attached hydrogens (tertiary/aromatic N) is 4. The van der Waals surface area contributed by atoms with Crippen molar-refractivity contribution in [3.05, 3.63) is 42.0 Å². The molecule has 0 aliphatic carbocycles. The maximum Gasteiger partial charge on any atom is 0.108 e. The van der Waals surface area contributed by atoms with Gasteiger partial charge in [0.25, 0.3) is 0 Å². The second-order valence-electron chi connectivity index (χ2n) is 3.16. The molecule has 0 saturated heterocycles. The predicted molar refractivity (Wildman–Crippen MR) is 54.1 cm³/mol. The Morgan fingerprint density at radius 1 is 1.33 bits per heavy atom. The van der Waals surface area contributed by atoms with Crippen molar-refractivity contribution in [3.63, 3.8) is 0 Å². The molecule has 5 heteroatoms. The van der Waals surface area contributed by atoms with Crippen LogP contribution >= 0.6 is 0 Å². The topological polar surface area (TPSA) is 52.8 Å². The van der Waals surface area contributed by atoms with Crippen LogP contribution in [0.15, 0.2) is 30.6 Å². The van der Waals surface area contributed by atoms with E-state index in [9.17, 15) is 0 Å². The van der Waals surface area contributed by atoms with E-state index in [1.54, 1.807) is 18.0 Å². The Bertz CT molecular complexity index is 412. The molecule has 0 aliphatic rings. The van der Waals surface area contributed by atoms with Crippen molar-refractivity contribution in [1.82, 2.24) is 20.0 Å². The van der Waals surface area contributed by atoms with E-state index < -0.39 is 0 Å². The Morgan fingerprint density at radius 3 is 3.00 bits per heavy atom. The number of methoxy groups -OCH3 is 1. The molecule has 2 aromatic heterocycles. The van der Waals surface area contributed by atoms with Gasteiger partial charge in [0.2, 0.25) is 0 Å². The number of hydrogen-bond donors (Lipinski definition) is 0. The van der Waals surface area contributed by atoms with E-state index in [0.29, 0.717) is 13.2 Å². The van der Waals surface area contributed by atoms with E-state index in [2.05, 4.69) is 15.3 Å². The molecule has 0 fully saturated rings. The molecule has 5 nitrogen and oxygen atoms in total. The maximum atomic E-state index is 4.96. The first kappa shape index (κ1) is 9.79. The monoisotopic (exact) mass is 204 g/mol. The van der Waals surface area contributed by atoms with Crippen LogP contribution in [0.4, 0.5) is 0 Å². The molecule has 2 aromatic rings. The first-order chi connectivity index (χ1) is 7.38. The summed E-state index contributed by atoms with van der Waals surface area (Å²) in [6, 6.07) is 5.80. The Kier molecular flexibility index (Phi) is 3.04. The second kappa shape index (κ2) is 4.65. The zero-order chi connectivity index (χ0) is 10.5. The molecule has 0 bridgehead atoms. The van der Waals surface area contributed by atoms with Gasteiger partial charge >= 0.3 is 0 Å². The van der Waals surface area contributed by atoms with Gasteiger partial charge in [-0.05, 0) is 12.1 Å². The highest BCUT2D eigenvalue weighted by Crippen LogP contribution is 1.99. The normalized spacial score (nSPS) is 10.5. The fourth-order valence-corrected chi connectivity index (χ4v) is 1.29. The van der Waals surface area contributed by atoms with E-state index in [4.69, 9.17) is 4.74 Å². The van der Waals surface area contributed by atoms with Crippen LogP contribution in [-0.2, 0) is 17.9 Å². The average molecular weight is 204 g/mol. The number of pyridine rings is 1. The van der Waals surface area contributed by atoms with Gasteiger partial charge in [-0.2, -0.15) is 0 Å². The quantitative estimate of drug-likeness (QED) is 0.741. The van der Waals surface area contributed by atoms with Gasteiger partial charge in [-0.1, -0.05) is 11.3 Å². The lowest BCUT2D eigenvalue weighted by Gasteiger charge is -1.98. The zero-order valence-corrected chi connectivity index (χ0v) is 8.50. The van der Waals surface area contributed by atoms with Crippen LogP contribution in [0.2, 0.25) is 0 Å². The molecular formula is C10H12N4O. The Balaban J connectivity index is 2.05. The van der Waals surface area contributed by atoms with Crippen molar-refractivity contribution in [2.24, 2.45) is 0 Å². The summed E-state index contributed by atoms with van der Waals surface area (Å²) < 4.78 is 6.71. The summed E-state index contributed by atoms with van der Waals surface area (Å²) in [5.41, 5.74) is 1.79. The van der Waals surface area contributed by atoms with Gasteiger partial charge in [-0.3, -0.25) is 4.98 Å². The van der Waals surface area contributed by atoms with Crippen LogP contribution in [0.3, 0.4) is 0 Å². The lowest BCUT2D eigenvalue weighted by Crippen LogP contribution is -2.01. The number of aromatic nitrogens is 4. The third kappa shape index (κ3) is 2.60. The minimum absolute atomic E-state index is 0.488. The summed E-state index contributed by atoms with van der Waals surface area (Å²) >= 11 is 0. The summed E-state index contributed by atoms with van der Waals surface area (Å²) in [7, 11) is 1.64. The molecule has 2 heterocycles. The number of hydrogen-bond acceptors (Lipinski definition) is 4. The molecule has 78 valence electrons. The molecule has 0 spiro atoms. The van der Waals surface area contributed by atoms with Gasteiger partial charge in [0, 0.05) is 13.3 Å². The van der Waals surface area contributed by atoms with E-state index >= 15 is 0 Å². The molecule has 0 aromatic carbocycles. The molecule has 0 unspecified atom stereocenters. The molecule has 0 radical (unpaired) electrons. The summed E-state index contributed by atoms with van der Waals surface area (Å²) in [6.07, 6.45) is 3.63. The van der Waals surface area contributed by atoms with E-state index in [0.717, 1.165) is 11.4 Å². The third-order valence-corrected chi connectivity index (χ3v) is 1.93. The fourth-order valence-electron chi connectivity index (χ4n) is 1.29. The lowest BCUT2D eigenvalue weighted by molar-refractivity contribution is 0.181. The molecule has 0 aliphatic heterocycles. The van der Waals surface area contributed by atoms with E-state index in [-0.39, 0.29) is 0 Å². The van der Waals surface area contributed by atoms with Crippen molar-refractivity contribution >= 4 is 0 Å². The summed E-state index contributed by atoms with van der Waals surface area (Å²) in [5.74, 6) is 0. The van der Waals surface area contributed by atoms with Gasteiger partial charge in [0.15, 0.2) is 0 Å². The Morgan fingerprint density at radius 2 is 2.27 bits per heavy atom. The summed E-state index contributed by atoms with van der Waals surface area (Å²) in [4.78, 5) is 4.21. The van der Waals surface area contributed by atoms with Gasteiger partial charge in [0.1, 0.15) is 5.69 Å². The number of rotatable bonds is 4.